The molecule has 1 N–H and O–H groups in total. The summed E-state index contributed by atoms with van der Waals surface area (Å²) in [5.41, 5.74) is 1.10. The van der Waals surface area contributed by atoms with E-state index in [1.165, 1.54) is 29.0 Å². The summed E-state index contributed by atoms with van der Waals surface area (Å²) in [6, 6.07) is 15.2. The number of hydroxylamine groups is 1. The van der Waals surface area contributed by atoms with E-state index in [1.54, 1.807) is 26.3 Å². The molecule has 1 unspecified atom stereocenters. The molecule has 188 valence electrons. The van der Waals surface area contributed by atoms with Crippen molar-refractivity contribution in [1.29, 1.82) is 0 Å². The molecule has 0 amide bonds. The van der Waals surface area contributed by atoms with Gasteiger partial charge in [0.25, 0.3) is 6.01 Å². The van der Waals surface area contributed by atoms with Crippen LogP contribution in [-0.4, -0.2) is 32.8 Å². The number of anilines is 2. The van der Waals surface area contributed by atoms with E-state index < -0.39 is 22.7 Å². The van der Waals surface area contributed by atoms with Gasteiger partial charge in [0.05, 0.1) is 37.4 Å². The summed E-state index contributed by atoms with van der Waals surface area (Å²) >= 11 is 0. The standard InChI is InChI=1S/C24H21F3N4O4S/c1-31(34-15-16-3-10-20(33-2)11-4-16)36(32)22-12-9-19(13-28-22)30-23-29-14-21(35-23)17-5-7-18(8-6-17)24(25,26)27/h3-14H,15H2,1-2H3,(H,29,30). The van der Waals surface area contributed by atoms with Crippen LogP contribution in [0.5, 0.6) is 5.75 Å². The van der Waals surface area contributed by atoms with Gasteiger partial charge in [-0.05, 0) is 42.0 Å². The zero-order chi connectivity index (χ0) is 25.7. The summed E-state index contributed by atoms with van der Waals surface area (Å²) in [6.45, 7) is 0.220. The van der Waals surface area contributed by atoms with E-state index in [2.05, 4.69) is 15.3 Å². The highest BCUT2D eigenvalue weighted by molar-refractivity contribution is 7.82. The van der Waals surface area contributed by atoms with Crippen molar-refractivity contribution in [2.45, 2.75) is 17.8 Å². The maximum Gasteiger partial charge on any atom is 0.416 e. The minimum absolute atomic E-state index is 0.125. The van der Waals surface area contributed by atoms with Crippen LogP contribution in [0.3, 0.4) is 0 Å². The molecule has 0 aliphatic carbocycles. The Hall–Kier alpha value is -3.74. The molecular formula is C24H21F3N4O4S. The van der Waals surface area contributed by atoms with Gasteiger partial charge < -0.3 is 14.5 Å². The summed E-state index contributed by atoms with van der Waals surface area (Å²) < 4.78 is 62.8. The second-order valence-electron chi connectivity index (χ2n) is 7.43. The second kappa shape index (κ2) is 10.9. The molecule has 0 aliphatic heterocycles. The van der Waals surface area contributed by atoms with Crippen LogP contribution in [0.15, 0.2) is 82.5 Å². The smallest absolute Gasteiger partial charge is 0.416 e. The SMILES string of the molecule is COc1ccc(CON(C)S(=O)c2ccc(Nc3ncc(-c4ccc(C(F)(F)F)cc4)o3)cn2)cc1. The van der Waals surface area contributed by atoms with Crippen LogP contribution in [0.2, 0.25) is 0 Å². The molecular weight excluding hydrogens is 497 g/mol. The van der Waals surface area contributed by atoms with Gasteiger partial charge in [0.1, 0.15) is 10.8 Å². The summed E-state index contributed by atoms with van der Waals surface area (Å²) in [6.07, 6.45) is -1.56. The average molecular weight is 519 g/mol. The number of ether oxygens (including phenoxy) is 1. The Balaban J connectivity index is 1.33. The van der Waals surface area contributed by atoms with Gasteiger partial charge in [0.2, 0.25) is 0 Å². The molecule has 8 nitrogen and oxygen atoms in total. The number of aromatic nitrogens is 2. The van der Waals surface area contributed by atoms with Gasteiger partial charge in [0, 0.05) is 12.6 Å². The number of oxazole rings is 1. The van der Waals surface area contributed by atoms with Gasteiger partial charge in [-0.25, -0.2) is 14.2 Å². The molecule has 0 radical (unpaired) electrons. The van der Waals surface area contributed by atoms with Crippen LogP contribution in [0, 0.1) is 0 Å². The molecule has 2 aromatic carbocycles. The van der Waals surface area contributed by atoms with Crippen LogP contribution < -0.4 is 10.1 Å². The van der Waals surface area contributed by atoms with Crippen molar-refractivity contribution < 1.29 is 31.4 Å². The number of hydrogen-bond acceptors (Lipinski definition) is 7. The topological polar surface area (TPSA) is 89.7 Å². The lowest BCUT2D eigenvalue weighted by Crippen LogP contribution is -2.22. The van der Waals surface area contributed by atoms with Crippen LogP contribution in [-0.2, 0) is 28.6 Å². The molecule has 0 fully saturated rings. The molecule has 0 spiro atoms. The van der Waals surface area contributed by atoms with Crippen molar-refractivity contribution in [3.05, 3.63) is 84.2 Å². The fourth-order valence-electron chi connectivity index (χ4n) is 3.04. The molecule has 0 bridgehead atoms. The number of benzene rings is 2. The van der Waals surface area contributed by atoms with E-state index in [9.17, 15) is 17.4 Å². The predicted octanol–water partition coefficient (Wildman–Crippen LogP) is 5.59. The zero-order valence-electron chi connectivity index (χ0n) is 19.2. The summed E-state index contributed by atoms with van der Waals surface area (Å²) in [7, 11) is 1.47. The van der Waals surface area contributed by atoms with Crippen LogP contribution in [0.25, 0.3) is 11.3 Å². The van der Waals surface area contributed by atoms with E-state index in [1.807, 2.05) is 24.3 Å². The molecule has 2 aromatic heterocycles. The van der Waals surface area contributed by atoms with Crippen molar-refractivity contribution >= 4 is 22.7 Å². The van der Waals surface area contributed by atoms with Gasteiger partial charge in [0.15, 0.2) is 16.7 Å². The quantitative estimate of drug-likeness (QED) is 0.289. The first-order valence-electron chi connectivity index (χ1n) is 10.5. The Morgan fingerprint density at radius 3 is 2.33 bits per heavy atom. The Morgan fingerprint density at radius 1 is 1.00 bits per heavy atom. The van der Waals surface area contributed by atoms with Gasteiger partial charge in [-0.1, -0.05) is 24.3 Å². The van der Waals surface area contributed by atoms with Crippen LogP contribution in [0.4, 0.5) is 24.9 Å². The molecule has 0 aliphatic rings. The summed E-state index contributed by atoms with van der Waals surface area (Å²) in [5, 5.41) is 3.18. The third-order valence-corrected chi connectivity index (χ3v) is 6.15. The van der Waals surface area contributed by atoms with Crippen LogP contribution in [0.1, 0.15) is 11.1 Å². The Labute approximate surface area is 207 Å². The normalized spacial score (nSPS) is 12.5. The maximum absolute atomic E-state index is 12.7. The maximum atomic E-state index is 12.7. The monoisotopic (exact) mass is 518 g/mol. The third-order valence-electron chi connectivity index (χ3n) is 4.97. The fraction of sp³-hybridized carbons (Fsp3) is 0.167. The van der Waals surface area contributed by atoms with Gasteiger partial charge in [-0.2, -0.15) is 13.2 Å². The van der Waals surface area contributed by atoms with E-state index in [0.29, 0.717) is 17.0 Å². The number of alkyl halides is 3. The van der Waals surface area contributed by atoms with Gasteiger partial charge in [-0.3, -0.25) is 4.84 Å². The molecule has 2 heterocycles. The number of halogens is 3. The number of rotatable bonds is 9. The number of pyridine rings is 1. The van der Waals surface area contributed by atoms with Crippen molar-refractivity contribution in [3.63, 3.8) is 0 Å². The van der Waals surface area contributed by atoms with Crippen LogP contribution >= 0.6 is 0 Å². The first-order chi connectivity index (χ1) is 17.2. The predicted molar refractivity (Wildman–Crippen MR) is 126 cm³/mol. The summed E-state index contributed by atoms with van der Waals surface area (Å²) in [5.74, 6) is 1.03. The molecule has 4 aromatic rings. The molecule has 0 saturated carbocycles. The van der Waals surface area contributed by atoms with E-state index in [0.717, 1.165) is 23.4 Å². The fourth-order valence-corrected chi connectivity index (χ4v) is 3.78. The molecule has 4 rings (SSSR count). The van der Waals surface area contributed by atoms with Crippen molar-refractivity contribution in [2.24, 2.45) is 0 Å². The third kappa shape index (κ3) is 6.27. The largest absolute Gasteiger partial charge is 0.497 e. The number of methoxy groups -OCH3 is 1. The number of hydrogen-bond donors (Lipinski definition) is 1. The van der Waals surface area contributed by atoms with Crippen molar-refractivity contribution in [1.82, 2.24) is 14.4 Å². The minimum Gasteiger partial charge on any atom is -0.497 e. The zero-order valence-corrected chi connectivity index (χ0v) is 20.0. The molecule has 12 heteroatoms. The Bertz CT molecular complexity index is 1310. The minimum atomic E-state index is -4.41. The highest BCUT2D eigenvalue weighted by Gasteiger charge is 2.30. The highest BCUT2D eigenvalue weighted by Crippen LogP contribution is 2.31. The average Bonchev–Trinajstić information content (AvgIpc) is 3.35. The molecule has 0 saturated heterocycles. The Kier molecular flexibility index (Phi) is 7.67. The van der Waals surface area contributed by atoms with Crippen molar-refractivity contribution in [3.8, 4) is 17.1 Å². The number of nitrogens with one attached hydrogen (secondary N) is 1. The first kappa shape index (κ1) is 25.4. The van der Waals surface area contributed by atoms with Gasteiger partial charge >= 0.3 is 6.18 Å². The lowest BCUT2D eigenvalue weighted by molar-refractivity contribution is -0.137. The highest BCUT2D eigenvalue weighted by atomic mass is 32.2. The Morgan fingerprint density at radius 2 is 1.72 bits per heavy atom. The van der Waals surface area contributed by atoms with E-state index >= 15 is 0 Å². The number of nitrogens with zero attached hydrogens (tertiary/aromatic N) is 3. The first-order valence-corrected chi connectivity index (χ1v) is 11.6. The molecule has 36 heavy (non-hydrogen) atoms. The van der Waals surface area contributed by atoms with Gasteiger partial charge in [-0.15, -0.1) is 4.47 Å². The van der Waals surface area contributed by atoms with E-state index in [4.69, 9.17) is 14.0 Å². The molecule has 1 atom stereocenters. The lowest BCUT2D eigenvalue weighted by atomic mass is 10.1. The van der Waals surface area contributed by atoms with E-state index in [-0.39, 0.29) is 17.6 Å². The van der Waals surface area contributed by atoms with Crippen molar-refractivity contribution in [2.75, 3.05) is 19.5 Å². The second-order valence-corrected chi connectivity index (χ2v) is 8.86. The summed E-state index contributed by atoms with van der Waals surface area (Å²) in [4.78, 5) is 13.8. The lowest BCUT2D eigenvalue weighted by Gasteiger charge is -2.15.